The van der Waals surface area contributed by atoms with Gasteiger partial charge in [-0.3, -0.25) is 0 Å². The molecule has 140 valence electrons. The van der Waals surface area contributed by atoms with Crippen molar-refractivity contribution in [3.05, 3.63) is 88.0 Å². The fraction of sp³-hybridized carbons (Fsp3) is 0.280. The highest BCUT2D eigenvalue weighted by atomic mass is 28.3. The van der Waals surface area contributed by atoms with E-state index < -0.39 is 0 Å². The quantitative estimate of drug-likeness (QED) is 0.542. The van der Waals surface area contributed by atoms with Crippen molar-refractivity contribution >= 4 is 44.1 Å². The van der Waals surface area contributed by atoms with E-state index in [2.05, 4.69) is 96.1 Å². The Morgan fingerprint density at radius 3 is 1.04 bits per heavy atom. The molecule has 0 aliphatic carbocycles. The molecule has 0 saturated heterocycles. The molecule has 0 nitrogen and oxygen atoms in total. The fourth-order valence-corrected chi connectivity index (χ4v) is 9.71. The molecule has 0 N–H and O–H groups in total. The summed E-state index contributed by atoms with van der Waals surface area (Å²) in [5.41, 5.74) is 8.66. The largest absolute Gasteiger partial charge is 0.0784 e. The van der Waals surface area contributed by atoms with Gasteiger partial charge in [-0.15, -0.1) is 0 Å². The van der Waals surface area contributed by atoms with Crippen molar-refractivity contribution in [3.8, 4) is 0 Å². The lowest BCUT2D eigenvalue weighted by Gasteiger charge is -2.20. The Morgan fingerprint density at radius 1 is 0.464 bits per heavy atom. The van der Waals surface area contributed by atoms with E-state index in [1.54, 1.807) is 15.6 Å². The Hall–Kier alpha value is -1.69. The molecule has 0 amide bonds. The lowest BCUT2D eigenvalue weighted by molar-refractivity contribution is 1.36. The van der Waals surface area contributed by atoms with Crippen LogP contribution < -0.4 is 15.6 Å². The normalized spacial score (nSPS) is 11.2. The monoisotopic (exact) mass is 412 g/mol. The molecule has 0 aliphatic heterocycles. The molecule has 3 aromatic rings. The van der Waals surface area contributed by atoms with E-state index in [1.165, 1.54) is 33.4 Å². The summed E-state index contributed by atoms with van der Waals surface area (Å²) in [4.78, 5) is 0.682. The summed E-state index contributed by atoms with van der Waals surface area (Å²) in [6, 6.07) is 20.4. The summed E-state index contributed by atoms with van der Waals surface area (Å²) in [6.45, 7) is 13.6. The summed E-state index contributed by atoms with van der Waals surface area (Å²) in [5, 5.41) is 4.63. The van der Waals surface area contributed by atoms with Crippen LogP contribution in [0.5, 0.6) is 0 Å². The second kappa shape index (κ2) is 9.21. The first-order valence-electron chi connectivity index (χ1n) is 9.85. The van der Waals surface area contributed by atoms with Gasteiger partial charge in [0, 0.05) is 0 Å². The van der Waals surface area contributed by atoms with Crippen LogP contribution in [0, 0.1) is 41.5 Å². The van der Waals surface area contributed by atoms with Crippen LogP contribution in [0.25, 0.3) is 0 Å². The molecule has 0 spiro atoms. The molecule has 0 bridgehead atoms. The average molecular weight is 413 g/mol. The molecule has 3 rings (SSSR count). The van der Waals surface area contributed by atoms with E-state index in [-0.39, 0.29) is 0 Å². The average Bonchev–Trinajstić information content (AvgIpc) is 2.66. The van der Waals surface area contributed by atoms with Crippen LogP contribution in [0.4, 0.5) is 0 Å². The maximum Gasteiger partial charge on any atom is 0.0784 e. The molecule has 0 saturated carbocycles. The molecule has 0 aliphatic rings. The van der Waals surface area contributed by atoms with Gasteiger partial charge < -0.3 is 0 Å². The molecular formula is C25H28Si3. The second-order valence-electron chi connectivity index (χ2n) is 7.61. The van der Waals surface area contributed by atoms with Gasteiger partial charge in [-0.05, 0) is 74.9 Å². The number of hydrogen-bond acceptors (Lipinski definition) is 0. The van der Waals surface area contributed by atoms with E-state index in [0.29, 0.717) is 4.79 Å². The molecule has 0 aromatic heterocycles. The summed E-state index contributed by atoms with van der Waals surface area (Å²) in [5.74, 6) is 0. The van der Waals surface area contributed by atoms with E-state index in [4.69, 9.17) is 0 Å². The first-order valence-corrected chi connectivity index (χ1v) is 13.1. The van der Waals surface area contributed by atoms with Crippen LogP contribution in [0.1, 0.15) is 33.4 Å². The molecule has 0 fully saturated rings. The molecule has 3 aromatic carbocycles. The molecule has 3 heteroatoms. The zero-order chi connectivity index (χ0) is 20.3. The Balaban J connectivity index is 1.94. The van der Waals surface area contributed by atoms with Gasteiger partial charge in [0.1, 0.15) is 0 Å². The van der Waals surface area contributed by atoms with Crippen LogP contribution in [-0.4, -0.2) is 28.6 Å². The number of aryl methyl sites for hydroxylation is 3. The van der Waals surface area contributed by atoms with Crippen molar-refractivity contribution in [2.75, 3.05) is 0 Å². The minimum atomic E-state index is 0.682. The topological polar surface area (TPSA) is 0 Å². The number of hydrogen-bond donors (Lipinski definition) is 0. The van der Waals surface area contributed by atoms with Crippen molar-refractivity contribution in [2.24, 2.45) is 0 Å². The molecule has 0 unspecified atom stereocenters. The van der Waals surface area contributed by atoms with E-state index in [9.17, 15) is 0 Å². The maximum atomic E-state index is 2.34. The summed E-state index contributed by atoms with van der Waals surface area (Å²) in [6.07, 6.45) is 0. The third kappa shape index (κ3) is 4.83. The summed E-state index contributed by atoms with van der Waals surface area (Å²) >= 11 is 0. The zero-order valence-corrected chi connectivity index (χ0v) is 20.8. The third-order valence-electron chi connectivity index (χ3n) is 5.71. The molecule has 6 radical (unpaired) electrons. The van der Waals surface area contributed by atoms with Crippen LogP contribution in [-0.2, 0) is 0 Å². The third-order valence-corrected chi connectivity index (χ3v) is 11.7. The lowest BCUT2D eigenvalue weighted by Crippen LogP contribution is -2.39. The molecule has 28 heavy (non-hydrogen) atoms. The van der Waals surface area contributed by atoms with Gasteiger partial charge in [0.25, 0.3) is 0 Å². The first-order chi connectivity index (χ1) is 13.4. The van der Waals surface area contributed by atoms with Gasteiger partial charge in [0.05, 0.1) is 28.6 Å². The first kappa shape index (κ1) is 21.0. The summed E-state index contributed by atoms with van der Waals surface area (Å²) in [7, 11) is 2.56. The fourth-order valence-electron chi connectivity index (χ4n) is 3.30. The number of rotatable bonds is 6. The van der Waals surface area contributed by atoms with Crippen LogP contribution >= 0.6 is 0 Å². The van der Waals surface area contributed by atoms with E-state index in [1.807, 2.05) is 0 Å². The highest BCUT2D eigenvalue weighted by Crippen LogP contribution is 2.11. The zero-order valence-electron chi connectivity index (χ0n) is 17.8. The van der Waals surface area contributed by atoms with Crippen LogP contribution in [0.15, 0.2) is 54.6 Å². The Bertz CT molecular complexity index is 848. The van der Waals surface area contributed by atoms with E-state index >= 15 is 0 Å². The standard InChI is InChI=1S/C25H28Si3/c1-16-10-7-13-22(19(16)4)26-25(27-23-14-8-11-17(2)20(23)5)28-24-15-9-12-18(3)21(24)6/h7-15,25H,1-6H3. The lowest BCUT2D eigenvalue weighted by atomic mass is 10.1. The SMILES string of the molecule is Cc1cccc([Si]C([Si]c2cccc(C)c2C)[Si]c2cccc(C)c2C)c1C. The van der Waals surface area contributed by atoms with Crippen molar-refractivity contribution in [1.29, 1.82) is 0 Å². The Morgan fingerprint density at radius 2 is 0.750 bits per heavy atom. The van der Waals surface area contributed by atoms with Crippen molar-refractivity contribution in [3.63, 3.8) is 0 Å². The van der Waals surface area contributed by atoms with E-state index in [0.717, 1.165) is 28.6 Å². The minimum absolute atomic E-state index is 0.682. The molecular weight excluding hydrogens is 385 g/mol. The highest BCUT2D eigenvalue weighted by Gasteiger charge is 2.19. The van der Waals surface area contributed by atoms with Crippen LogP contribution in [0.2, 0.25) is 4.79 Å². The van der Waals surface area contributed by atoms with Gasteiger partial charge in [0.15, 0.2) is 0 Å². The maximum absolute atomic E-state index is 2.34. The van der Waals surface area contributed by atoms with Gasteiger partial charge in [-0.2, -0.15) is 0 Å². The Kier molecular flexibility index (Phi) is 6.91. The van der Waals surface area contributed by atoms with Gasteiger partial charge in [-0.1, -0.05) is 74.9 Å². The Labute approximate surface area is 178 Å². The van der Waals surface area contributed by atoms with Gasteiger partial charge in [-0.25, -0.2) is 0 Å². The van der Waals surface area contributed by atoms with Crippen molar-refractivity contribution in [2.45, 2.75) is 46.3 Å². The van der Waals surface area contributed by atoms with Gasteiger partial charge in [0.2, 0.25) is 0 Å². The highest BCUT2D eigenvalue weighted by molar-refractivity contribution is 6.89. The van der Waals surface area contributed by atoms with Crippen LogP contribution in [0.3, 0.4) is 0 Å². The van der Waals surface area contributed by atoms with Crippen molar-refractivity contribution < 1.29 is 0 Å². The smallest absolute Gasteiger partial charge is 0.0633 e. The van der Waals surface area contributed by atoms with Gasteiger partial charge >= 0.3 is 0 Å². The predicted octanol–water partition coefficient (Wildman–Crippen LogP) is 3.63. The number of benzene rings is 3. The summed E-state index contributed by atoms with van der Waals surface area (Å²) < 4.78 is 0. The molecule has 0 heterocycles. The predicted molar refractivity (Wildman–Crippen MR) is 128 cm³/mol. The minimum Gasteiger partial charge on any atom is -0.0633 e. The molecule has 0 atom stereocenters. The second-order valence-corrected chi connectivity index (χ2v) is 13.6. The van der Waals surface area contributed by atoms with Crippen molar-refractivity contribution in [1.82, 2.24) is 0 Å².